The number of rotatable bonds is 14. The maximum Gasteiger partial charge on any atom is 1.00 e. The van der Waals surface area contributed by atoms with Gasteiger partial charge in [0.1, 0.15) is 0 Å². The molecular formula is C21H35KO. The molecular weight excluding hydrogens is 307 g/mol. The summed E-state index contributed by atoms with van der Waals surface area (Å²) in [6.07, 6.45) is 19.1. The molecule has 0 unspecified atom stereocenters. The first-order chi connectivity index (χ1) is 10.8. The smallest absolute Gasteiger partial charge is 0.872 e. The predicted molar refractivity (Wildman–Crippen MR) is 95.3 cm³/mol. The number of aryl methyl sites for hydroxylation is 1. The Morgan fingerprint density at radius 3 is 1.65 bits per heavy atom. The number of hydrogen-bond donors (Lipinski definition) is 0. The Morgan fingerprint density at radius 2 is 1.17 bits per heavy atom. The first-order valence-corrected chi connectivity index (χ1v) is 9.59. The predicted octanol–water partition coefficient (Wildman–Crippen LogP) is 3.40. The van der Waals surface area contributed by atoms with Crippen LogP contribution >= 0.6 is 0 Å². The van der Waals surface area contributed by atoms with Crippen molar-refractivity contribution in [2.45, 2.75) is 96.8 Å². The molecule has 23 heavy (non-hydrogen) atoms. The van der Waals surface area contributed by atoms with Crippen LogP contribution in [0.25, 0.3) is 0 Å². The van der Waals surface area contributed by atoms with Crippen molar-refractivity contribution in [1.29, 1.82) is 0 Å². The van der Waals surface area contributed by atoms with E-state index in [2.05, 4.69) is 13.0 Å². The molecule has 0 saturated heterocycles. The molecule has 1 rings (SSSR count). The van der Waals surface area contributed by atoms with Crippen LogP contribution in [0.15, 0.2) is 24.3 Å². The molecule has 0 atom stereocenters. The van der Waals surface area contributed by atoms with Gasteiger partial charge in [0.05, 0.1) is 0 Å². The van der Waals surface area contributed by atoms with E-state index in [-0.39, 0.29) is 57.1 Å². The normalized spacial score (nSPS) is 10.5. The van der Waals surface area contributed by atoms with E-state index in [0.717, 1.165) is 6.42 Å². The van der Waals surface area contributed by atoms with E-state index in [4.69, 9.17) is 0 Å². The van der Waals surface area contributed by atoms with Gasteiger partial charge in [0.25, 0.3) is 0 Å². The molecule has 0 aliphatic carbocycles. The standard InChI is InChI=1S/C21H36O.K/c1-2-3-4-5-6-7-8-9-10-11-12-13-14-16-20-17-15-18-21(22)19-20;/h15,17-19,22H,2-14,16H2,1H3;/q;+1/p-1. The Bertz CT molecular complexity index is 365. The molecule has 0 fully saturated rings. The molecule has 0 aromatic heterocycles. The Labute approximate surface area is 187 Å². The van der Waals surface area contributed by atoms with Crippen molar-refractivity contribution in [2.24, 2.45) is 0 Å². The number of hydrogen-bond acceptors (Lipinski definition) is 1. The summed E-state index contributed by atoms with van der Waals surface area (Å²) in [5.74, 6) is 0.146. The molecule has 0 radical (unpaired) electrons. The quantitative estimate of drug-likeness (QED) is 0.375. The molecule has 0 saturated carbocycles. The molecule has 1 nitrogen and oxygen atoms in total. The second kappa shape index (κ2) is 17.5. The van der Waals surface area contributed by atoms with Crippen LogP contribution in [0.2, 0.25) is 0 Å². The molecule has 0 aliphatic heterocycles. The second-order valence-electron chi connectivity index (χ2n) is 6.64. The molecule has 1 aromatic rings. The van der Waals surface area contributed by atoms with Crippen LogP contribution in [0.4, 0.5) is 0 Å². The third-order valence-electron chi connectivity index (χ3n) is 4.47. The van der Waals surface area contributed by atoms with Gasteiger partial charge in [0.2, 0.25) is 0 Å². The summed E-state index contributed by atoms with van der Waals surface area (Å²) in [5, 5.41) is 11.2. The SMILES string of the molecule is CCCCCCCCCCCCCCCc1cccc([O-])c1.[K+]. The largest absolute Gasteiger partial charge is 1.00 e. The van der Waals surface area contributed by atoms with E-state index >= 15 is 0 Å². The Balaban J connectivity index is 0.00000484. The fourth-order valence-corrected chi connectivity index (χ4v) is 3.05. The minimum Gasteiger partial charge on any atom is -0.872 e. The first-order valence-electron chi connectivity index (χ1n) is 9.59. The van der Waals surface area contributed by atoms with Gasteiger partial charge < -0.3 is 5.11 Å². The average molecular weight is 343 g/mol. The summed E-state index contributed by atoms with van der Waals surface area (Å²) in [7, 11) is 0. The van der Waals surface area contributed by atoms with Crippen LogP contribution in [-0.4, -0.2) is 0 Å². The summed E-state index contributed by atoms with van der Waals surface area (Å²) in [6.45, 7) is 2.28. The van der Waals surface area contributed by atoms with Crippen molar-refractivity contribution in [3.63, 3.8) is 0 Å². The number of benzene rings is 1. The molecule has 126 valence electrons. The minimum atomic E-state index is 0. The monoisotopic (exact) mass is 342 g/mol. The summed E-state index contributed by atoms with van der Waals surface area (Å²) in [6, 6.07) is 7.36. The van der Waals surface area contributed by atoms with Gasteiger partial charge in [0, 0.05) is 0 Å². The molecule has 1 aromatic carbocycles. The van der Waals surface area contributed by atoms with E-state index in [0.29, 0.717) is 0 Å². The second-order valence-corrected chi connectivity index (χ2v) is 6.64. The van der Waals surface area contributed by atoms with Crippen LogP contribution in [-0.2, 0) is 6.42 Å². The van der Waals surface area contributed by atoms with E-state index in [1.165, 1.54) is 89.0 Å². The summed E-state index contributed by atoms with van der Waals surface area (Å²) < 4.78 is 0. The van der Waals surface area contributed by atoms with Crippen LogP contribution in [0.3, 0.4) is 0 Å². The van der Waals surface area contributed by atoms with Gasteiger partial charge in [-0.05, 0) is 18.4 Å². The van der Waals surface area contributed by atoms with Crippen LogP contribution in [0.5, 0.6) is 5.75 Å². The van der Waals surface area contributed by atoms with Crippen LogP contribution in [0.1, 0.15) is 96.0 Å². The van der Waals surface area contributed by atoms with E-state index in [1.807, 2.05) is 6.07 Å². The first kappa shape index (κ1) is 23.7. The van der Waals surface area contributed by atoms with Crippen molar-refractivity contribution in [3.05, 3.63) is 29.8 Å². The van der Waals surface area contributed by atoms with E-state index < -0.39 is 0 Å². The van der Waals surface area contributed by atoms with Gasteiger partial charge in [0.15, 0.2) is 0 Å². The van der Waals surface area contributed by atoms with Gasteiger partial charge in [-0.2, -0.15) is 0 Å². The van der Waals surface area contributed by atoms with Gasteiger partial charge >= 0.3 is 51.4 Å². The molecule has 2 heteroatoms. The molecule has 0 amide bonds. The maximum absolute atomic E-state index is 11.2. The number of unbranched alkanes of at least 4 members (excludes halogenated alkanes) is 12. The van der Waals surface area contributed by atoms with Gasteiger partial charge in [-0.3, -0.25) is 0 Å². The third kappa shape index (κ3) is 14.7. The summed E-state index contributed by atoms with van der Waals surface area (Å²) in [4.78, 5) is 0. The van der Waals surface area contributed by atoms with E-state index in [1.54, 1.807) is 12.1 Å². The van der Waals surface area contributed by atoms with Crippen LogP contribution in [0, 0.1) is 0 Å². The Kier molecular flexibility index (Phi) is 18.0. The van der Waals surface area contributed by atoms with Crippen molar-refractivity contribution in [3.8, 4) is 5.75 Å². The minimum absolute atomic E-state index is 0. The van der Waals surface area contributed by atoms with Gasteiger partial charge in [-0.1, -0.05) is 108 Å². The fourth-order valence-electron chi connectivity index (χ4n) is 3.05. The van der Waals surface area contributed by atoms with Crippen molar-refractivity contribution >= 4 is 0 Å². The summed E-state index contributed by atoms with van der Waals surface area (Å²) >= 11 is 0. The third-order valence-corrected chi connectivity index (χ3v) is 4.47. The van der Waals surface area contributed by atoms with Crippen molar-refractivity contribution in [2.75, 3.05) is 0 Å². The molecule has 0 aliphatic rings. The molecule has 0 spiro atoms. The molecule has 0 heterocycles. The maximum atomic E-state index is 11.2. The molecule has 0 N–H and O–H groups in total. The van der Waals surface area contributed by atoms with Crippen LogP contribution < -0.4 is 56.5 Å². The van der Waals surface area contributed by atoms with E-state index in [9.17, 15) is 5.11 Å². The Morgan fingerprint density at radius 1 is 0.696 bits per heavy atom. The zero-order valence-corrected chi connectivity index (χ0v) is 18.7. The Hall–Kier alpha value is 0.656. The average Bonchev–Trinajstić information content (AvgIpc) is 2.52. The van der Waals surface area contributed by atoms with Crippen molar-refractivity contribution in [1.82, 2.24) is 0 Å². The van der Waals surface area contributed by atoms with Gasteiger partial charge in [-0.25, -0.2) is 0 Å². The zero-order valence-electron chi connectivity index (χ0n) is 15.6. The van der Waals surface area contributed by atoms with Crippen molar-refractivity contribution < 1.29 is 56.5 Å². The topological polar surface area (TPSA) is 23.1 Å². The summed E-state index contributed by atoms with van der Waals surface area (Å²) in [5.41, 5.74) is 1.20. The zero-order chi connectivity index (χ0) is 15.9. The van der Waals surface area contributed by atoms with Gasteiger partial charge in [-0.15, -0.1) is 5.75 Å². The molecule has 0 bridgehead atoms. The fraction of sp³-hybridized carbons (Fsp3) is 0.714.